The summed E-state index contributed by atoms with van der Waals surface area (Å²) in [6, 6.07) is 0. The highest BCUT2D eigenvalue weighted by atomic mass is 32.2. The molecule has 0 amide bonds. The van der Waals surface area contributed by atoms with Crippen molar-refractivity contribution in [3.63, 3.8) is 0 Å². The number of carbonyl (C=O) groups excluding carboxylic acids is 1. The first kappa shape index (κ1) is 22.0. The molecule has 0 aromatic heterocycles. The Kier molecular flexibility index (Phi) is 17.4. The van der Waals surface area contributed by atoms with Crippen LogP contribution < -0.4 is 0 Å². The van der Waals surface area contributed by atoms with Crippen LogP contribution in [0.5, 0.6) is 0 Å². The summed E-state index contributed by atoms with van der Waals surface area (Å²) in [5.41, 5.74) is 0. The Balaban J connectivity index is 3.23. The molecule has 0 aromatic rings. The molecule has 0 aliphatic heterocycles. The molecule has 0 N–H and O–H groups in total. The molecule has 0 saturated heterocycles. The lowest BCUT2D eigenvalue weighted by Crippen LogP contribution is -2.07. The Morgan fingerprint density at radius 1 is 0.773 bits per heavy atom. The van der Waals surface area contributed by atoms with Crippen LogP contribution in [-0.2, 0) is 4.79 Å². The SMILES string of the molecule is CCCCCCCCCCCCSC(C)CC(=O)CCCC. The lowest BCUT2D eigenvalue weighted by atomic mass is 10.1. The van der Waals surface area contributed by atoms with Gasteiger partial charge in [-0.05, 0) is 18.6 Å². The Labute approximate surface area is 144 Å². The van der Waals surface area contributed by atoms with Crippen molar-refractivity contribution in [1.29, 1.82) is 0 Å². The number of hydrogen-bond donors (Lipinski definition) is 0. The van der Waals surface area contributed by atoms with Crippen molar-refractivity contribution < 1.29 is 4.79 Å². The smallest absolute Gasteiger partial charge is 0.134 e. The predicted molar refractivity (Wildman–Crippen MR) is 103 cm³/mol. The summed E-state index contributed by atoms with van der Waals surface area (Å²) in [6.07, 6.45) is 17.8. The van der Waals surface area contributed by atoms with Crippen LogP contribution in [0.15, 0.2) is 0 Å². The summed E-state index contributed by atoms with van der Waals surface area (Å²) in [5.74, 6) is 1.70. The summed E-state index contributed by atoms with van der Waals surface area (Å²) in [6.45, 7) is 6.64. The van der Waals surface area contributed by atoms with Crippen LogP contribution in [0.4, 0.5) is 0 Å². The molecule has 0 fully saturated rings. The number of hydrogen-bond acceptors (Lipinski definition) is 2. The molecule has 0 spiro atoms. The third-order valence-electron chi connectivity index (χ3n) is 4.22. The maximum Gasteiger partial charge on any atom is 0.134 e. The van der Waals surface area contributed by atoms with Crippen LogP contribution >= 0.6 is 11.8 Å². The summed E-state index contributed by atoms with van der Waals surface area (Å²) in [7, 11) is 0. The fourth-order valence-corrected chi connectivity index (χ4v) is 3.81. The Bertz CT molecular complexity index is 240. The third kappa shape index (κ3) is 16.4. The number of rotatable bonds is 17. The first-order chi connectivity index (χ1) is 10.7. The fourth-order valence-electron chi connectivity index (χ4n) is 2.73. The van der Waals surface area contributed by atoms with E-state index in [1.165, 1.54) is 70.0 Å². The van der Waals surface area contributed by atoms with E-state index in [0.29, 0.717) is 11.0 Å². The fraction of sp³-hybridized carbons (Fsp3) is 0.950. The largest absolute Gasteiger partial charge is 0.300 e. The third-order valence-corrected chi connectivity index (χ3v) is 5.48. The lowest BCUT2D eigenvalue weighted by Gasteiger charge is -2.10. The highest BCUT2D eigenvalue weighted by Gasteiger charge is 2.08. The zero-order valence-electron chi connectivity index (χ0n) is 15.5. The lowest BCUT2D eigenvalue weighted by molar-refractivity contribution is -0.119. The molecule has 1 unspecified atom stereocenters. The number of unbranched alkanes of at least 4 members (excludes halogenated alkanes) is 10. The van der Waals surface area contributed by atoms with E-state index in [1.54, 1.807) is 0 Å². The topological polar surface area (TPSA) is 17.1 Å². The molecule has 0 rings (SSSR count). The van der Waals surface area contributed by atoms with Gasteiger partial charge in [0.25, 0.3) is 0 Å². The van der Waals surface area contributed by atoms with Gasteiger partial charge in [0.2, 0.25) is 0 Å². The van der Waals surface area contributed by atoms with Gasteiger partial charge in [-0.15, -0.1) is 0 Å². The van der Waals surface area contributed by atoms with Gasteiger partial charge in [-0.3, -0.25) is 4.79 Å². The van der Waals surface area contributed by atoms with Crippen molar-refractivity contribution in [2.45, 2.75) is 116 Å². The van der Waals surface area contributed by atoms with Gasteiger partial charge in [-0.1, -0.05) is 85.0 Å². The van der Waals surface area contributed by atoms with Crippen molar-refractivity contribution in [2.24, 2.45) is 0 Å². The van der Waals surface area contributed by atoms with Crippen LogP contribution in [0.1, 0.15) is 111 Å². The molecule has 1 nitrogen and oxygen atoms in total. The van der Waals surface area contributed by atoms with E-state index in [4.69, 9.17) is 0 Å². The van der Waals surface area contributed by atoms with Crippen molar-refractivity contribution in [3.8, 4) is 0 Å². The van der Waals surface area contributed by atoms with E-state index in [9.17, 15) is 4.79 Å². The average molecular weight is 329 g/mol. The highest BCUT2D eigenvalue weighted by molar-refractivity contribution is 7.99. The molecule has 0 heterocycles. The molecular weight excluding hydrogens is 288 g/mol. The van der Waals surface area contributed by atoms with E-state index in [1.807, 2.05) is 11.8 Å². The van der Waals surface area contributed by atoms with E-state index in [2.05, 4.69) is 20.8 Å². The Morgan fingerprint density at radius 3 is 1.82 bits per heavy atom. The zero-order chi connectivity index (χ0) is 16.5. The second-order valence-corrected chi connectivity index (χ2v) is 8.26. The normalized spacial score (nSPS) is 12.5. The monoisotopic (exact) mass is 328 g/mol. The molecule has 0 saturated carbocycles. The van der Waals surface area contributed by atoms with Crippen molar-refractivity contribution in [1.82, 2.24) is 0 Å². The molecule has 0 aliphatic rings. The van der Waals surface area contributed by atoms with Crippen LogP contribution in [0.3, 0.4) is 0 Å². The van der Waals surface area contributed by atoms with Gasteiger partial charge < -0.3 is 0 Å². The maximum absolute atomic E-state index is 11.7. The summed E-state index contributed by atoms with van der Waals surface area (Å²) < 4.78 is 0. The van der Waals surface area contributed by atoms with Crippen molar-refractivity contribution >= 4 is 17.5 Å². The number of ketones is 1. The van der Waals surface area contributed by atoms with Gasteiger partial charge in [0.1, 0.15) is 5.78 Å². The minimum Gasteiger partial charge on any atom is -0.300 e. The van der Waals surface area contributed by atoms with Crippen LogP contribution in [0.2, 0.25) is 0 Å². The number of thioether (sulfide) groups is 1. The first-order valence-electron chi connectivity index (χ1n) is 9.84. The van der Waals surface area contributed by atoms with Crippen molar-refractivity contribution in [3.05, 3.63) is 0 Å². The van der Waals surface area contributed by atoms with Crippen LogP contribution in [0, 0.1) is 0 Å². The quantitative estimate of drug-likeness (QED) is 0.263. The second-order valence-electron chi connectivity index (χ2n) is 6.71. The van der Waals surface area contributed by atoms with Gasteiger partial charge >= 0.3 is 0 Å². The maximum atomic E-state index is 11.7. The second kappa shape index (κ2) is 17.4. The first-order valence-corrected chi connectivity index (χ1v) is 10.9. The van der Waals surface area contributed by atoms with E-state index >= 15 is 0 Å². The van der Waals surface area contributed by atoms with Gasteiger partial charge in [-0.25, -0.2) is 0 Å². The van der Waals surface area contributed by atoms with E-state index in [0.717, 1.165) is 25.7 Å². The van der Waals surface area contributed by atoms with Gasteiger partial charge in [0.15, 0.2) is 0 Å². The van der Waals surface area contributed by atoms with Gasteiger partial charge in [0.05, 0.1) is 0 Å². The molecule has 0 bridgehead atoms. The average Bonchev–Trinajstić information content (AvgIpc) is 2.50. The zero-order valence-corrected chi connectivity index (χ0v) is 16.3. The molecule has 0 aliphatic carbocycles. The highest BCUT2D eigenvalue weighted by Crippen LogP contribution is 2.18. The van der Waals surface area contributed by atoms with E-state index in [-0.39, 0.29) is 0 Å². The summed E-state index contributed by atoms with van der Waals surface area (Å²) in [5, 5.41) is 0.517. The Hall–Kier alpha value is 0.0200. The number of carbonyl (C=O) groups is 1. The molecule has 2 heteroatoms. The molecule has 0 aromatic carbocycles. The van der Waals surface area contributed by atoms with Gasteiger partial charge in [0, 0.05) is 18.1 Å². The van der Waals surface area contributed by atoms with E-state index < -0.39 is 0 Å². The standard InChI is InChI=1S/C20H40OS/c1-4-6-8-9-10-11-12-13-14-15-17-22-19(3)18-20(21)16-7-5-2/h19H,4-18H2,1-3H3. The molecule has 22 heavy (non-hydrogen) atoms. The number of Topliss-reactive ketones (excluding diaryl/α,β-unsaturated/α-hetero) is 1. The molecule has 1 atom stereocenters. The minimum absolute atomic E-state index is 0.463. The minimum atomic E-state index is 0.463. The molecule has 132 valence electrons. The molecule has 0 radical (unpaired) electrons. The summed E-state index contributed by atoms with van der Waals surface area (Å²) in [4.78, 5) is 11.7. The molecular formula is C20H40OS. The van der Waals surface area contributed by atoms with Gasteiger partial charge in [-0.2, -0.15) is 11.8 Å². The van der Waals surface area contributed by atoms with Crippen LogP contribution in [-0.4, -0.2) is 16.8 Å². The Morgan fingerprint density at radius 2 is 1.27 bits per heavy atom. The predicted octanol–water partition coefficient (Wildman–Crippen LogP) is 7.18. The van der Waals surface area contributed by atoms with Crippen LogP contribution in [0.25, 0.3) is 0 Å². The summed E-state index contributed by atoms with van der Waals surface area (Å²) >= 11 is 1.99. The van der Waals surface area contributed by atoms with Crippen molar-refractivity contribution in [2.75, 3.05) is 5.75 Å².